The number of rotatable bonds is 5. The fourth-order valence-corrected chi connectivity index (χ4v) is 7.90. The van der Waals surface area contributed by atoms with Crippen LogP contribution in [0, 0.1) is 18.8 Å². The Morgan fingerprint density at radius 2 is 1.49 bits per heavy atom. The predicted molar refractivity (Wildman–Crippen MR) is 132 cm³/mol. The fraction of sp³-hybridized carbons (Fsp3) is 0.286. The van der Waals surface area contributed by atoms with Crippen molar-refractivity contribution in [2.45, 2.75) is 34.7 Å². The molecular weight excluding hydrogens is 503 g/mol. The van der Waals surface area contributed by atoms with E-state index in [0.717, 1.165) is 12.7 Å². The molecule has 1 fully saturated rings. The van der Waals surface area contributed by atoms with Crippen LogP contribution in [0.1, 0.15) is 22.6 Å². The zero-order chi connectivity index (χ0) is 26.6. The third kappa shape index (κ3) is 3.70. The summed E-state index contributed by atoms with van der Waals surface area (Å²) in [5, 5.41) is -1.63. The molecule has 0 radical (unpaired) electrons. The second-order valence-corrected chi connectivity index (χ2v) is 11.5. The van der Waals surface area contributed by atoms with Crippen LogP contribution in [0.25, 0.3) is 0 Å². The molecule has 5 rings (SSSR count). The Morgan fingerprint density at radius 3 is 2.03 bits per heavy atom. The summed E-state index contributed by atoms with van der Waals surface area (Å²) in [6.45, 7) is 1.79. The van der Waals surface area contributed by atoms with Crippen molar-refractivity contribution in [1.29, 1.82) is 0 Å². The van der Waals surface area contributed by atoms with Crippen LogP contribution in [0.4, 0.5) is 13.2 Å². The van der Waals surface area contributed by atoms with Crippen LogP contribution < -0.4 is 0 Å². The summed E-state index contributed by atoms with van der Waals surface area (Å²) in [6.07, 6.45) is -5.01. The highest BCUT2D eigenvalue weighted by molar-refractivity contribution is 7.93. The zero-order valence-electron chi connectivity index (χ0n) is 20.0. The monoisotopic (exact) mass is 527 g/mol. The molecule has 37 heavy (non-hydrogen) atoms. The van der Waals surface area contributed by atoms with E-state index in [1.54, 1.807) is 67.6 Å². The van der Waals surface area contributed by atoms with Crippen LogP contribution in [0.15, 0.2) is 94.8 Å². The molecule has 3 aromatic rings. The molecule has 0 saturated heterocycles. The first-order chi connectivity index (χ1) is 17.5. The number of alkyl halides is 3. The molecule has 1 saturated carbocycles. The fourth-order valence-electron chi connectivity index (χ4n) is 5.85. The van der Waals surface area contributed by atoms with Crippen molar-refractivity contribution in [3.63, 3.8) is 0 Å². The molecule has 3 aromatic carbocycles. The summed E-state index contributed by atoms with van der Waals surface area (Å²) < 4.78 is 78.4. The first-order valence-corrected chi connectivity index (χ1v) is 13.2. The minimum Gasteiger partial charge on any atom is -0.469 e. The van der Waals surface area contributed by atoms with Crippen LogP contribution in [0.2, 0.25) is 0 Å². The molecule has 0 N–H and O–H groups in total. The van der Waals surface area contributed by atoms with Gasteiger partial charge in [-0.25, -0.2) is 8.42 Å². The molecule has 5 nitrogen and oxygen atoms in total. The summed E-state index contributed by atoms with van der Waals surface area (Å²) in [6, 6.07) is 22.2. The number of aliphatic imine (C=N–C) groups is 1. The smallest absolute Gasteiger partial charge is 0.414 e. The Morgan fingerprint density at radius 1 is 0.919 bits per heavy atom. The van der Waals surface area contributed by atoms with Gasteiger partial charge in [0.05, 0.1) is 23.6 Å². The maximum absolute atomic E-state index is 15.1. The van der Waals surface area contributed by atoms with E-state index in [2.05, 4.69) is 4.99 Å². The predicted octanol–water partition coefficient (Wildman–Crippen LogP) is 5.14. The first kappa shape index (κ1) is 25.2. The highest BCUT2D eigenvalue weighted by Gasteiger charge is 2.82. The Hall–Kier alpha value is -3.46. The standard InChI is InChI=1S/C28H24F3NO4S/c1-17-13-15-20(16-14-17)37(34,35)25-22-21(18-9-5-3-6-10-18)23(26(33)36-2)27(22,28(29,30)31)32-24(25)19-11-7-4-8-12-19/h3-16,21-23,25H,1-2H3/t21-,22-,23-,25-,27+/m1/s1. The number of esters is 1. The first-order valence-electron chi connectivity index (χ1n) is 11.7. The van der Waals surface area contributed by atoms with Gasteiger partial charge >= 0.3 is 12.1 Å². The van der Waals surface area contributed by atoms with E-state index in [-0.39, 0.29) is 16.2 Å². The second-order valence-electron chi connectivity index (χ2n) is 9.43. The number of halogens is 3. The van der Waals surface area contributed by atoms with E-state index in [4.69, 9.17) is 4.74 Å². The summed E-state index contributed by atoms with van der Waals surface area (Å²) in [7, 11) is -3.33. The largest absolute Gasteiger partial charge is 0.469 e. The molecule has 5 atom stereocenters. The van der Waals surface area contributed by atoms with Crippen molar-refractivity contribution in [3.8, 4) is 0 Å². The minimum absolute atomic E-state index is 0.0990. The number of hydrogen-bond acceptors (Lipinski definition) is 5. The van der Waals surface area contributed by atoms with Gasteiger partial charge in [-0.3, -0.25) is 9.79 Å². The summed E-state index contributed by atoms with van der Waals surface area (Å²) in [4.78, 5) is 17.0. The van der Waals surface area contributed by atoms with Crippen molar-refractivity contribution >= 4 is 21.5 Å². The maximum atomic E-state index is 15.1. The molecule has 0 amide bonds. The van der Waals surface area contributed by atoms with Crippen molar-refractivity contribution in [2.75, 3.05) is 7.11 Å². The van der Waals surface area contributed by atoms with E-state index < -0.39 is 50.5 Å². The van der Waals surface area contributed by atoms with Crippen molar-refractivity contribution in [2.24, 2.45) is 16.8 Å². The summed E-state index contributed by atoms with van der Waals surface area (Å²) in [5.74, 6) is -5.46. The number of ether oxygens (including phenoxy) is 1. The second kappa shape index (κ2) is 8.83. The lowest BCUT2D eigenvalue weighted by molar-refractivity contribution is -0.252. The van der Waals surface area contributed by atoms with Gasteiger partial charge < -0.3 is 4.74 Å². The zero-order valence-corrected chi connectivity index (χ0v) is 20.8. The van der Waals surface area contributed by atoms with Crippen LogP contribution in [-0.4, -0.2) is 44.2 Å². The molecule has 2 aliphatic rings. The van der Waals surface area contributed by atoms with E-state index in [1.807, 2.05) is 0 Å². The third-order valence-electron chi connectivity index (χ3n) is 7.48. The van der Waals surface area contributed by atoms with Crippen molar-refractivity contribution < 1.29 is 31.1 Å². The van der Waals surface area contributed by atoms with Gasteiger partial charge in [-0.2, -0.15) is 13.2 Å². The highest BCUT2D eigenvalue weighted by Crippen LogP contribution is 2.68. The lowest BCUT2D eigenvalue weighted by atomic mass is 9.49. The van der Waals surface area contributed by atoms with E-state index >= 15 is 13.2 Å². The highest BCUT2D eigenvalue weighted by atomic mass is 32.2. The quantitative estimate of drug-likeness (QED) is 0.431. The Labute approximate surface area is 212 Å². The normalized spacial score (nSPS) is 27.1. The summed E-state index contributed by atoms with van der Waals surface area (Å²) in [5.41, 5.74) is -1.65. The molecule has 192 valence electrons. The molecule has 1 aliphatic carbocycles. The SMILES string of the molecule is COC(=O)[C@H]1[C@H](c2ccccc2)[C@@H]2[C@@H](S(=O)(=O)c3ccc(C)cc3)C(c3ccccc3)=N[C@@]21C(F)(F)F. The van der Waals surface area contributed by atoms with Crippen molar-refractivity contribution in [1.82, 2.24) is 0 Å². The minimum atomic E-state index is -5.01. The average molecular weight is 528 g/mol. The number of hydrogen-bond donors (Lipinski definition) is 0. The van der Waals surface area contributed by atoms with Crippen LogP contribution in [0.5, 0.6) is 0 Å². The lowest BCUT2D eigenvalue weighted by Gasteiger charge is -2.56. The van der Waals surface area contributed by atoms with E-state index in [9.17, 15) is 13.2 Å². The van der Waals surface area contributed by atoms with Gasteiger partial charge in [-0.05, 0) is 30.2 Å². The van der Waals surface area contributed by atoms with Gasteiger partial charge in [0.25, 0.3) is 0 Å². The Balaban J connectivity index is 1.81. The van der Waals surface area contributed by atoms with Crippen molar-refractivity contribution in [3.05, 3.63) is 102 Å². The summed E-state index contributed by atoms with van der Waals surface area (Å²) >= 11 is 0. The molecule has 1 heterocycles. The molecule has 0 unspecified atom stereocenters. The number of nitrogens with zero attached hydrogens (tertiary/aromatic N) is 1. The maximum Gasteiger partial charge on any atom is 0.414 e. The average Bonchev–Trinajstić information content (AvgIpc) is 3.18. The van der Waals surface area contributed by atoms with E-state index in [1.165, 1.54) is 24.3 Å². The van der Waals surface area contributed by atoms with Gasteiger partial charge in [0.1, 0.15) is 5.25 Å². The van der Waals surface area contributed by atoms with Gasteiger partial charge in [0.15, 0.2) is 15.4 Å². The molecular formula is C28H24F3NO4S. The number of fused-ring (bicyclic) bond motifs is 1. The van der Waals surface area contributed by atoms with Gasteiger partial charge in [0, 0.05) is 11.8 Å². The number of methoxy groups -OCH3 is 1. The molecule has 0 bridgehead atoms. The number of benzene rings is 3. The van der Waals surface area contributed by atoms with Crippen LogP contribution >= 0.6 is 0 Å². The van der Waals surface area contributed by atoms with Crippen LogP contribution in [0.3, 0.4) is 0 Å². The molecule has 0 aromatic heterocycles. The lowest BCUT2D eigenvalue weighted by Crippen LogP contribution is -2.71. The molecule has 0 spiro atoms. The molecule has 9 heteroatoms. The van der Waals surface area contributed by atoms with Gasteiger partial charge in [-0.1, -0.05) is 78.4 Å². The third-order valence-corrected chi connectivity index (χ3v) is 9.59. The Kier molecular flexibility index (Phi) is 6.02. The number of carbonyl (C=O) groups is 1. The number of aryl methyl sites for hydroxylation is 1. The van der Waals surface area contributed by atoms with Gasteiger partial charge in [-0.15, -0.1) is 0 Å². The topological polar surface area (TPSA) is 72.8 Å². The van der Waals surface area contributed by atoms with Gasteiger partial charge in [0.2, 0.25) is 0 Å². The number of carbonyl (C=O) groups excluding carboxylic acids is 1. The number of sulfone groups is 1. The Bertz CT molecular complexity index is 1450. The van der Waals surface area contributed by atoms with E-state index in [0.29, 0.717) is 5.56 Å². The molecule has 1 aliphatic heterocycles. The van der Waals surface area contributed by atoms with Crippen LogP contribution in [-0.2, 0) is 19.4 Å².